The third-order valence-corrected chi connectivity index (χ3v) is 3.45. The summed E-state index contributed by atoms with van der Waals surface area (Å²) in [6.45, 7) is 2.94. The van der Waals surface area contributed by atoms with Gasteiger partial charge in [-0.25, -0.2) is 9.97 Å². The molecule has 0 saturated heterocycles. The molecule has 1 heterocycles. The molecule has 0 aliphatic carbocycles. The number of halogens is 1. The summed E-state index contributed by atoms with van der Waals surface area (Å²) < 4.78 is 6.44. The van der Waals surface area contributed by atoms with Gasteiger partial charge >= 0.3 is 0 Å². The Hall–Kier alpha value is -0.840. The third-order valence-electron chi connectivity index (χ3n) is 2.73. The van der Waals surface area contributed by atoms with Crippen LogP contribution in [0.1, 0.15) is 45.4 Å². The van der Waals surface area contributed by atoms with Crippen LogP contribution in [0.15, 0.2) is 10.8 Å². The van der Waals surface area contributed by atoms with Crippen LogP contribution in [0.5, 0.6) is 5.88 Å². The van der Waals surface area contributed by atoms with Crippen LogP contribution in [-0.4, -0.2) is 23.6 Å². The van der Waals surface area contributed by atoms with E-state index in [-0.39, 0.29) is 0 Å². The Balaban J connectivity index is 2.23. The second-order valence-corrected chi connectivity index (χ2v) is 5.00. The Bertz CT molecular complexity index is 347. The van der Waals surface area contributed by atoms with E-state index in [9.17, 15) is 0 Å². The Kier molecular flexibility index (Phi) is 7.73. The van der Waals surface area contributed by atoms with Gasteiger partial charge in [0.25, 0.3) is 0 Å². The molecule has 0 saturated carbocycles. The maximum absolute atomic E-state index is 5.65. The van der Waals surface area contributed by atoms with Gasteiger partial charge in [0, 0.05) is 7.05 Å². The van der Waals surface area contributed by atoms with Crippen molar-refractivity contribution in [1.29, 1.82) is 0 Å². The third kappa shape index (κ3) is 5.21. The van der Waals surface area contributed by atoms with Crippen LogP contribution in [-0.2, 0) is 0 Å². The second kappa shape index (κ2) is 9.14. The molecule has 102 valence electrons. The second-order valence-electron chi connectivity index (χ2n) is 4.21. The standard InChI is InChI=1S/C13H22BrN3O/c1-3-4-5-6-7-8-9-18-13-11(14)12(15-2)16-10-17-13/h10H,3-9H2,1-2H3,(H,15,16,17). The Labute approximate surface area is 118 Å². The highest BCUT2D eigenvalue weighted by atomic mass is 79.9. The maximum Gasteiger partial charge on any atom is 0.233 e. The highest BCUT2D eigenvalue weighted by molar-refractivity contribution is 9.10. The van der Waals surface area contributed by atoms with Gasteiger partial charge in [0.1, 0.15) is 16.6 Å². The van der Waals surface area contributed by atoms with Crippen molar-refractivity contribution >= 4 is 21.7 Å². The SMILES string of the molecule is CCCCCCCCOc1ncnc(NC)c1Br. The van der Waals surface area contributed by atoms with Crippen LogP contribution in [0.4, 0.5) is 5.82 Å². The van der Waals surface area contributed by atoms with Gasteiger partial charge in [-0.1, -0.05) is 39.0 Å². The smallest absolute Gasteiger partial charge is 0.233 e. The van der Waals surface area contributed by atoms with Crippen molar-refractivity contribution in [2.24, 2.45) is 0 Å². The molecular weight excluding hydrogens is 294 g/mol. The normalized spacial score (nSPS) is 10.4. The number of anilines is 1. The Morgan fingerprint density at radius 3 is 2.61 bits per heavy atom. The largest absolute Gasteiger partial charge is 0.477 e. The molecule has 18 heavy (non-hydrogen) atoms. The molecule has 0 amide bonds. The lowest BCUT2D eigenvalue weighted by atomic mass is 10.1. The van der Waals surface area contributed by atoms with E-state index in [1.807, 2.05) is 7.05 Å². The molecule has 1 aromatic rings. The van der Waals surface area contributed by atoms with Crippen LogP contribution in [0.2, 0.25) is 0 Å². The fraction of sp³-hybridized carbons (Fsp3) is 0.692. The van der Waals surface area contributed by atoms with Crippen molar-refractivity contribution in [3.05, 3.63) is 10.8 Å². The van der Waals surface area contributed by atoms with E-state index < -0.39 is 0 Å². The molecule has 1 aromatic heterocycles. The number of hydrogen-bond donors (Lipinski definition) is 1. The van der Waals surface area contributed by atoms with Gasteiger partial charge in [0.05, 0.1) is 6.61 Å². The number of aromatic nitrogens is 2. The maximum atomic E-state index is 5.65. The van der Waals surface area contributed by atoms with Crippen molar-refractivity contribution in [3.63, 3.8) is 0 Å². The van der Waals surface area contributed by atoms with Crippen LogP contribution in [0.3, 0.4) is 0 Å². The minimum atomic E-state index is 0.614. The predicted molar refractivity (Wildman–Crippen MR) is 78.1 cm³/mol. The van der Waals surface area contributed by atoms with E-state index in [1.54, 1.807) is 0 Å². The van der Waals surface area contributed by atoms with Crippen LogP contribution in [0, 0.1) is 0 Å². The minimum Gasteiger partial charge on any atom is -0.477 e. The molecule has 0 radical (unpaired) electrons. The molecular formula is C13H22BrN3O. The molecule has 0 aromatic carbocycles. The Morgan fingerprint density at radius 1 is 1.17 bits per heavy atom. The summed E-state index contributed by atoms with van der Waals surface area (Å²) in [5, 5.41) is 2.98. The van der Waals surface area contributed by atoms with Crippen molar-refractivity contribution in [2.45, 2.75) is 45.4 Å². The molecule has 0 bridgehead atoms. The minimum absolute atomic E-state index is 0.614. The average Bonchev–Trinajstić information content (AvgIpc) is 2.39. The lowest BCUT2D eigenvalue weighted by Gasteiger charge is -2.09. The number of ether oxygens (including phenoxy) is 1. The topological polar surface area (TPSA) is 47.0 Å². The van der Waals surface area contributed by atoms with Crippen molar-refractivity contribution in [2.75, 3.05) is 19.0 Å². The molecule has 0 fully saturated rings. The van der Waals surface area contributed by atoms with E-state index in [0.29, 0.717) is 12.5 Å². The summed E-state index contributed by atoms with van der Waals surface area (Å²) in [5.74, 6) is 1.37. The number of unbranched alkanes of at least 4 members (excludes halogenated alkanes) is 5. The summed E-state index contributed by atoms with van der Waals surface area (Å²) >= 11 is 3.43. The first-order chi connectivity index (χ1) is 8.79. The van der Waals surface area contributed by atoms with Crippen molar-refractivity contribution in [1.82, 2.24) is 9.97 Å². The average molecular weight is 316 g/mol. The van der Waals surface area contributed by atoms with Gasteiger partial charge in [-0.2, -0.15) is 0 Å². The first-order valence-corrected chi connectivity index (χ1v) is 7.40. The van der Waals surface area contributed by atoms with E-state index >= 15 is 0 Å². The molecule has 0 spiro atoms. The van der Waals surface area contributed by atoms with Crippen LogP contribution < -0.4 is 10.1 Å². The predicted octanol–water partition coefficient (Wildman–Crippen LogP) is 4.02. The summed E-state index contributed by atoms with van der Waals surface area (Å²) in [6.07, 6.45) is 9.06. The molecule has 0 unspecified atom stereocenters. The number of hydrogen-bond acceptors (Lipinski definition) is 4. The fourth-order valence-electron chi connectivity index (χ4n) is 1.68. The molecule has 0 aliphatic rings. The molecule has 4 nitrogen and oxygen atoms in total. The van der Waals surface area contributed by atoms with Gasteiger partial charge in [-0.3, -0.25) is 0 Å². The van der Waals surface area contributed by atoms with Crippen molar-refractivity contribution < 1.29 is 4.74 Å². The summed E-state index contributed by atoms with van der Waals surface area (Å²) in [5.41, 5.74) is 0. The van der Waals surface area contributed by atoms with Gasteiger partial charge in [0.2, 0.25) is 5.88 Å². The number of nitrogens with one attached hydrogen (secondary N) is 1. The zero-order chi connectivity index (χ0) is 13.2. The molecule has 0 aliphatic heterocycles. The fourth-order valence-corrected chi connectivity index (χ4v) is 2.20. The van der Waals surface area contributed by atoms with Gasteiger partial charge < -0.3 is 10.1 Å². The van der Waals surface area contributed by atoms with E-state index in [1.165, 1.54) is 38.4 Å². The molecule has 1 N–H and O–H groups in total. The highest BCUT2D eigenvalue weighted by Crippen LogP contribution is 2.27. The lowest BCUT2D eigenvalue weighted by molar-refractivity contribution is 0.291. The lowest BCUT2D eigenvalue weighted by Crippen LogP contribution is -2.02. The first-order valence-electron chi connectivity index (χ1n) is 6.60. The molecule has 1 rings (SSSR count). The number of nitrogens with zero attached hydrogens (tertiary/aromatic N) is 2. The summed E-state index contributed by atoms with van der Waals surface area (Å²) in [6, 6.07) is 0. The zero-order valence-electron chi connectivity index (χ0n) is 11.2. The quantitative estimate of drug-likeness (QED) is 0.699. The zero-order valence-corrected chi connectivity index (χ0v) is 12.8. The van der Waals surface area contributed by atoms with Crippen molar-refractivity contribution in [3.8, 4) is 5.88 Å². The summed E-state index contributed by atoms with van der Waals surface area (Å²) in [7, 11) is 1.82. The highest BCUT2D eigenvalue weighted by Gasteiger charge is 2.07. The first kappa shape index (κ1) is 15.2. The van der Waals surface area contributed by atoms with Crippen LogP contribution >= 0.6 is 15.9 Å². The van der Waals surface area contributed by atoms with Gasteiger partial charge in [-0.05, 0) is 22.4 Å². The molecule has 5 heteroatoms. The summed E-state index contributed by atoms with van der Waals surface area (Å²) in [4.78, 5) is 8.20. The van der Waals surface area contributed by atoms with Gasteiger partial charge in [-0.15, -0.1) is 0 Å². The van der Waals surface area contributed by atoms with Gasteiger partial charge in [0.15, 0.2) is 0 Å². The number of rotatable bonds is 9. The Morgan fingerprint density at radius 2 is 1.89 bits per heavy atom. The van der Waals surface area contributed by atoms with E-state index in [4.69, 9.17) is 4.74 Å². The van der Waals surface area contributed by atoms with Crippen LogP contribution in [0.25, 0.3) is 0 Å². The van der Waals surface area contributed by atoms with E-state index in [2.05, 4.69) is 38.1 Å². The molecule has 0 atom stereocenters. The monoisotopic (exact) mass is 315 g/mol. The van der Waals surface area contributed by atoms with E-state index in [0.717, 1.165) is 16.7 Å².